The third kappa shape index (κ3) is 89.1. The van der Waals surface area contributed by atoms with E-state index >= 15 is 0 Å². The van der Waals surface area contributed by atoms with Crippen molar-refractivity contribution < 1.29 is 0 Å². The Hall–Kier alpha value is -3.12. The predicted molar refractivity (Wildman–Crippen MR) is 461 cm³/mol. The molecule has 25 aliphatic carbocycles. The molecule has 0 saturated heterocycles. The van der Waals surface area contributed by atoms with Crippen LogP contribution in [0.15, 0.2) is 146 Å². The van der Waals surface area contributed by atoms with Crippen LogP contribution in [0.5, 0.6) is 0 Å². The normalized spacial score (nSPS) is 22.1. The Kier molecular flexibility index (Phi) is 87.3. The van der Waals surface area contributed by atoms with Gasteiger partial charge in [0, 0.05) is 0 Å². The number of allylic oxidation sites excluding steroid dienone is 24. The lowest BCUT2D eigenvalue weighted by Gasteiger charge is -2.05. The van der Waals surface area contributed by atoms with Crippen molar-refractivity contribution in [2.24, 2.45) is 0 Å². The van der Waals surface area contributed by atoms with Crippen LogP contribution < -0.4 is 0 Å². The molecule has 0 aromatic carbocycles. The highest BCUT2D eigenvalue weighted by molar-refractivity contribution is 4.97. The summed E-state index contributed by atoms with van der Waals surface area (Å²) in [6.45, 7) is 0. The van der Waals surface area contributed by atoms with Gasteiger partial charge in [0.1, 0.15) is 0 Å². The first-order valence-corrected chi connectivity index (χ1v) is 45.8. The molecule has 0 spiro atoms. The van der Waals surface area contributed by atoms with E-state index in [1.165, 1.54) is 488 Å². The van der Waals surface area contributed by atoms with Gasteiger partial charge in [-0.1, -0.05) is 480 Å². The van der Waals surface area contributed by atoms with Gasteiger partial charge in [-0.15, -0.1) is 0 Å². The average molecular weight is 1380 g/mol. The first kappa shape index (κ1) is 94.9. The highest BCUT2D eigenvalue weighted by Crippen LogP contribution is 2.21. The molecule has 0 bridgehead atoms. The van der Waals surface area contributed by atoms with E-state index in [0.29, 0.717) is 0 Å². The fourth-order valence-electron chi connectivity index (χ4n) is 5.25. The van der Waals surface area contributed by atoms with E-state index in [1.807, 2.05) is 0 Å². The number of hydrogen-bond donors (Lipinski definition) is 0. The van der Waals surface area contributed by atoms with Crippen LogP contribution in [0.4, 0.5) is 0 Å². The van der Waals surface area contributed by atoms with Gasteiger partial charge in [0.05, 0.1) is 0 Å². The van der Waals surface area contributed by atoms with Crippen LogP contribution in [0.1, 0.15) is 488 Å². The molecule has 0 nitrogen and oxygen atoms in total. The Balaban J connectivity index is 0.000000521. The second kappa shape index (κ2) is 92.0. The minimum atomic E-state index is 1.32. The number of hydrogen-bond acceptors (Lipinski definition) is 0. The highest BCUT2D eigenvalue weighted by Gasteiger charge is 2.01. The quantitative estimate of drug-likeness (QED) is 0.212. The van der Waals surface area contributed by atoms with Crippen molar-refractivity contribution in [3.63, 3.8) is 0 Å². The van der Waals surface area contributed by atoms with Gasteiger partial charge in [-0.2, -0.15) is 0 Å². The van der Waals surface area contributed by atoms with E-state index < -0.39 is 0 Å². The van der Waals surface area contributed by atoms with Crippen molar-refractivity contribution in [2.45, 2.75) is 488 Å². The topological polar surface area (TPSA) is 0 Å². The lowest BCUT2D eigenvalue weighted by Crippen LogP contribution is -1.85. The molecule has 0 aliphatic heterocycles. The molecule has 25 rings (SSSR count). The zero-order chi connectivity index (χ0) is 70.7. The van der Waals surface area contributed by atoms with Crippen LogP contribution in [-0.4, -0.2) is 0 Å². The SMILES string of the molecule is C1=CCC1.C1=CCC1.C1=CCC1.C1=CCC1.C1=CCC1.C1=CCC1.C1=CCC1.C1=CCC1.C1=CCC1.C1=CCC1.C1=CCC1.C1=CCC1.C1CCC1.C1CCC1.C1CCC1.C1CCC1.C1CCC1.C1CCC1.C1CCC1.C1CCC1.C1CCC1.C1CCC1.C1CCC1.C1CCC1.C1CCC1. The first-order valence-electron chi connectivity index (χ1n) is 45.8. The molecule has 0 heterocycles. The van der Waals surface area contributed by atoms with E-state index in [1.54, 1.807) is 0 Å². The van der Waals surface area contributed by atoms with Crippen molar-refractivity contribution >= 4 is 0 Å². The van der Waals surface area contributed by atoms with Gasteiger partial charge in [-0.25, -0.2) is 0 Å². The fourth-order valence-corrected chi connectivity index (χ4v) is 5.25. The summed E-state index contributed by atoms with van der Waals surface area (Å²) < 4.78 is 0. The Morgan fingerprint density at radius 3 is 0.0700 bits per heavy atom. The Labute approximate surface area is 630 Å². The molecule has 0 heteroatoms. The van der Waals surface area contributed by atoms with Crippen LogP contribution in [-0.2, 0) is 0 Å². The third-order valence-corrected chi connectivity index (χ3v) is 21.0. The largest absolute Gasteiger partial charge is 0.0882 e. The zero-order valence-electron chi connectivity index (χ0n) is 67.6. The summed E-state index contributed by atoms with van der Waals surface area (Å²) in [7, 11) is 0. The smallest absolute Gasteiger partial charge is 0.0316 e. The Morgan fingerprint density at radius 1 is 0.0500 bits per heavy atom. The maximum absolute atomic E-state index is 2.18. The fraction of sp³-hybridized carbons (Fsp3) is 0.760. The lowest BCUT2D eigenvalue weighted by atomic mass is 10.0. The maximum Gasteiger partial charge on any atom is -0.0316 e. The average Bonchev–Trinajstić information content (AvgIpc) is 3.03. The summed E-state index contributed by atoms with van der Waals surface area (Å²) >= 11 is 0. The van der Waals surface area contributed by atoms with Crippen molar-refractivity contribution in [3.8, 4) is 0 Å². The van der Waals surface area contributed by atoms with Crippen molar-refractivity contribution in [2.75, 3.05) is 0 Å². The van der Waals surface area contributed by atoms with Crippen LogP contribution in [0.3, 0.4) is 0 Å². The van der Waals surface area contributed by atoms with Gasteiger partial charge in [-0.3, -0.25) is 0 Å². The molecule has 0 amide bonds. The standard InChI is InChI=1S/13C4H8.12C4H6/c25*1-2-4-3-1/h13*1-4H2;12*1-2H,3-4H2. The lowest BCUT2D eigenvalue weighted by molar-refractivity contribution is 0.504. The van der Waals surface area contributed by atoms with Gasteiger partial charge in [0.15, 0.2) is 0 Å². The van der Waals surface area contributed by atoms with E-state index in [4.69, 9.17) is 0 Å². The Bertz CT molecular complexity index is 1210. The summed E-state index contributed by atoms with van der Waals surface area (Å²) in [6.07, 6.45) is 162. The van der Waals surface area contributed by atoms with Crippen molar-refractivity contribution in [3.05, 3.63) is 146 Å². The molecule has 100 heavy (non-hydrogen) atoms. The molecule has 0 N–H and O–H groups in total. The van der Waals surface area contributed by atoms with Crippen LogP contribution in [0.2, 0.25) is 0 Å². The zero-order valence-corrected chi connectivity index (χ0v) is 67.6. The summed E-state index contributed by atoms with van der Waals surface area (Å²) in [6, 6.07) is 0. The summed E-state index contributed by atoms with van der Waals surface area (Å²) in [5, 5.41) is 0. The van der Waals surface area contributed by atoms with E-state index in [-0.39, 0.29) is 0 Å². The first-order chi connectivity index (χ1) is 50.0. The van der Waals surface area contributed by atoms with Crippen molar-refractivity contribution in [1.29, 1.82) is 0 Å². The van der Waals surface area contributed by atoms with E-state index in [0.717, 1.165) is 0 Å². The minimum absolute atomic E-state index is 1.32. The summed E-state index contributed by atoms with van der Waals surface area (Å²) in [5.41, 5.74) is 0. The second-order valence-electron chi connectivity index (χ2n) is 31.0. The molecule has 13 saturated carbocycles. The molecule has 576 valence electrons. The van der Waals surface area contributed by atoms with Crippen LogP contribution in [0, 0.1) is 0 Å². The number of rotatable bonds is 0. The summed E-state index contributed by atoms with van der Waals surface area (Å²) in [5.74, 6) is 0. The molecule has 25 aliphatic rings. The summed E-state index contributed by atoms with van der Waals surface area (Å²) in [4.78, 5) is 0. The molecule has 0 aromatic rings. The van der Waals surface area contributed by atoms with Gasteiger partial charge in [-0.05, 0) is 154 Å². The predicted octanol–water partition coefficient (Wildman–Crippen LogP) is 36.3. The molecule has 0 unspecified atom stereocenters. The second-order valence-corrected chi connectivity index (χ2v) is 31.0. The third-order valence-electron chi connectivity index (χ3n) is 21.0. The van der Waals surface area contributed by atoms with Gasteiger partial charge in [0.2, 0.25) is 0 Å². The maximum atomic E-state index is 2.18. The Morgan fingerprint density at radius 2 is 0.0700 bits per heavy atom. The molecular formula is C100H176. The molecule has 0 atom stereocenters. The highest BCUT2D eigenvalue weighted by atomic mass is 14.1. The molecule has 0 aromatic heterocycles. The van der Waals surface area contributed by atoms with E-state index in [2.05, 4.69) is 146 Å². The van der Waals surface area contributed by atoms with E-state index in [9.17, 15) is 0 Å². The monoisotopic (exact) mass is 1380 g/mol. The van der Waals surface area contributed by atoms with Gasteiger partial charge >= 0.3 is 0 Å². The van der Waals surface area contributed by atoms with Gasteiger partial charge in [0.25, 0.3) is 0 Å². The van der Waals surface area contributed by atoms with Crippen LogP contribution >= 0.6 is 0 Å². The molecule has 0 radical (unpaired) electrons. The van der Waals surface area contributed by atoms with Gasteiger partial charge < -0.3 is 0 Å². The molecule has 13 fully saturated rings. The molecular weight excluding hydrogens is 1200 g/mol. The van der Waals surface area contributed by atoms with Crippen molar-refractivity contribution in [1.82, 2.24) is 0 Å². The minimum Gasteiger partial charge on any atom is -0.0882 e. The van der Waals surface area contributed by atoms with Crippen LogP contribution in [0.25, 0.3) is 0 Å².